The van der Waals surface area contributed by atoms with Crippen molar-refractivity contribution in [2.45, 2.75) is 75.2 Å². The van der Waals surface area contributed by atoms with Crippen LogP contribution in [0.2, 0.25) is 0 Å². The largest absolute Gasteiger partial charge is 0.346 e. The molecule has 0 aliphatic carbocycles. The molecule has 1 N–H and O–H groups in total. The van der Waals surface area contributed by atoms with Crippen molar-refractivity contribution in [2.24, 2.45) is 0 Å². The number of non-ortho nitro benzene ring substituents is 1. The number of nitro benzene ring substituents is 1. The van der Waals surface area contributed by atoms with Crippen molar-refractivity contribution in [3.63, 3.8) is 0 Å². The number of carbonyl (C=O) groups excluding carboxylic acids is 1. The van der Waals surface area contributed by atoms with Crippen molar-refractivity contribution in [3.8, 4) is 5.69 Å². The van der Waals surface area contributed by atoms with Gasteiger partial charge < -0.3 is 5.32 Å². The number of benzene rings is 3. The van der Waals surface area contributed by atoms with Gasteiger partial charge in [0.1, 0.15) is 0 Å². The predicted molar refractivity (Wildman–Crippen MR) is 163 cm³/mol. The monoisotopic (exact) mass is 571 g/mol. The Morgan fingerprint density at radius 3 is 2.17 bits per heavy atom. The summed E-state index contributed by atoms with van der Waals surface area (Å²) in [4.78, 5) is 24.0. The molecule has 0 saturated heterocycles. The highest BCUT2D eigenvalue weighted by atomic mass is 32.2. The summed E-state index contributed by atoms with van der Waals surface area (Å²) in [6.07, 6.45) is 7.66. The normalized spacial score (nSPS) is 11.7. The van der Waals surface area contributed by atoms with Crippen molar-refractivity contribution in [3.05, 3.63) is 112 Å². The van der Waals surface area contributed by atoms with Gasteiger partial charge in [-0.3, -0.25) is 19.5 Å². The van der Waals surface area contributed by atoms with Crippen molar-refractivity contribution in [1.29, 1.82) is 0 Å². The van der Waals surface area contributed by atoms with Gasteiger partial charge in [-0.1, -0.05) is 111 Å². The van der Waals surface area contributed by atoms with E-state index in [0.717, 1.165) is 30.4 Å². The molecule has 0 aliphatic heterocycles. The third-order valence-electron chi connectivity index (χ3n) is 6.87. The van der Waals surface area contributed by atoms with Crippen LogP contribution in [0.5, 0.6) is 0 Å². The standard InChI is InChI=1S/C32H37N5O3S/c1-2-3-4-5-6-13-18-30(38)33-29(23-25-14-9-7-10-15-25)31-34-35-32(41-24-26-16-11-8-12-17-26)36(31)27-19-21-28(22-20-27)37(39)40/h7-12,14-17,19-22,29H,2-6,13,18,23-24H2,1H3,(H,33,38). The molecule has 41 heavy (non-hydrogen) atoms. The minimum atomic E-state index is -0.432. The molecule has 9 heteroatoms. The molecule has 0 spiro atoms. The third kappa shape index (κ3) is 9.01. The number of hydrogen-bond donors (Lipinski definition) is 1. The Kier molecular flexibility index (Phi) is 11.5. The lowest BCUT2D eigenvalue weighted by atomic mass is 10.0. The van der Waals surface area contributed by atoms with Crippen LogP contribution < -0.4 is 5.32 Å². The Morgan fingerprint density at radius 2 is 1.51 bits per heavy atom. The Morgan fingerprint density at radius 1 is 0.878 bits per heavy atom. The van der Waals surface area contributed by atoms with E-state index in [1.807, 2.05) is 53.1 Å². The number of thioether (sulfide) groups is 1. The molecule has 0 bridgehead atoms. The van der Waals surface area contributed by atoms with Crippen LogP contribution in [0.3, 0.4) is 0 Å². The van der Waals surface area contributed by atoms with Gasteiger partial charge in [-0.15, -0.1) is 10.2 Å². The van der Waals surface area contributed by atoms with Crippen LogP contribution in [-0.4, -0.2) is 25.6 Å². The van der Waals surface area contributed by atoms with E-state index in [1.54, 1.807) is 12.1 Å². The molecule has 1 aromatic heterocycles. The molecule has 0 radical (unpaired) electrons. The number of rotatable bonds is 16. The topological polar surface area (TPSA) is 103 Å². The summed E-state index contributed by atoms with van der Waals surface area (Å²) in [6, 6.07) is 26.0. The summed E-state index contributed by atoms with van der Waals surface area (Å²) in [5, 5.41) is 24.3. The SMILES string of the molecule is CCCCCCCCC(=O)NC(Cc1ccccc1)c1nnc(SCc2ccccc2)n1-c1ccc([N+](=O)[O-])cc1. The fraction of sp³-hybridized carbons (Fsp3) is 0.344. The molecule has 4 aromatic rings. The maximum Gasteiger partial charge on any atom is 0.269 e. The Hall–Kier alpha value is -3.98. The number of unbranched alkanes of at least 4 members (excludes halogenated alkanes) is 5. The van der Waals surface area contributed by atoms with Crippen LogP contribution >= 0.6 is 11.8 Å². The molecule has 1 amide bonds. The summed E-state index contributed by atoms with van der Waals surface area (Å²) < 4.78 is 1.91. The number of carbonyl (C=O) groups is 1. The molecule has 0 fully saturated rings. The van der Waals surface area contributed by atoms with Gasteiger partial charge in [-0.2, -0.15) is 0 Å². The summed E-state index contributed by atoms with van der Waals surface area (Å²) in [6.45, 7) is 2.20. The van der Waals surface area contributed by atoms with Gasteiger partial charge in [0.15, 0.2) is 11.0 Å². The summed E-state index contributed by atoms with van der Waals surface area (Å²) in [7, 11) is 0. The summed E-state index contributed by atoms with van der Waals surface area (Å²) >= 11 is 1.53. The number of amides is 1. The first-order valence-corrected chi connectivity index (χ1v) is 15.2. The highest BCUT2D eigenvalue weighted by Gasteiger charge is 2.25. The van der Waals surface area contributed by atoms with E-state index in [1.165, 1.54) is 43.2 Å². The van der Waals surface area contributed by atoms with Crippen molar-refractivity contribution in [2.75, 3.05) is 0 Å². The highest BCUT2D eigenvalue weighted by molar-refractivity contribution is 7.98. The first kappa shape index (κ1) is 30.0. The fourth-order valence-corrected chi connectivity index (χ4v) is 5.59. The summed E-state index contributed by atoms with van der Waals surface area (Å²) in [5.74, 6) is 1.26. The fourth-order valence-electron chi connectivity index (χ4n) is 4.68. The molecular weight excluding hydrogens is 534 g/mol. The molecule has 3 aromatic carbocycles. The second-order valence-electron chi connectivity index (χ2n) is 10.1. The molecule has 1 heterocycles. The van der Waals surface area contributed by atoms with Gasteiger partial charge in [-0.25, -0.2) is 0 Å². The predicted octanol–water partition coefficient (Wildman–Crippen LogP) is 7.62. The highest BCUT2D eigenvalue weighted by Crippen LogP contribution is 2.30. The van der Waals surface area contributed by atoms with Gasteiger partial charge >= 0.3 is 0 Å². The van der Waals surface area contributed by atoms with Crippen LogP contribution in [-0.2, 0) is 17.0 Å². The van der Waals surface area contributed by atoms with E-state index < -0.39 is 11.0 Å². The molecule has 1 atom stereocenters. The smallest absolute Gasteiger partial charge is 0.269 e. The Labute approximate surface area is 245 Å². The quantitative estimate of drug-likeness (QED) is 0.0642. The first-order valence-electron chi connectivity index (χ1n) is 14.2. The number of hydrogen-bond acceptors (Lipinski definition) is 6. The maximum atomic E-state index is 13.1. The van der Waals surface area contributed by atoms with Crippen LogP contribution in [0, 0.1) is 10.1 Å². The lowest BCUT2D eigenvalue weighted by molar-refractivity contribution is -0.384. The zero-order valence-corrected chi connectivity index (χ0v) is 24.3. The zero-order valence-electron chi connectivity index (χ0n) is 23.4. The van der Waals surface area contributed by atoms with E-state index in [2.05, 4.69) is 34.6 Å². The van der Waals surface area contributed by atoms with E-state index in [9.17, 15) is 14.9 Å². The lowest BCUT2D eigenvalue weighted by Crippen LogP contribution is -2.31. The van der Waals surface area contributed by atoms with E-state index in [-0.39, 0.29) is 11.6 Å². The second-order valence-corrected chi connectivity index (χ2v) is 11.0. The molecule has 8 nitrogen and oxygen atoms in total. The molecule has 1 unspecified atom stereocenters. The van der Waals surface area contributed by atoms with Gasteiger partial charge in [0.2, 0.25) is 5.91 Å². The van der Waals surface area contributed by atoms with E-state index in [4.69, 9.17) is 0 Å². The van der Waals surface area contributed by atoms with Gasteiger partial charge in [-0.05, 0) is 36.1 Å². The van der Waals surface area contributed by atoms with E-state index >= 15 is 0 Å². The van der Waals surface area contributed by atoms with Crippen molar-refractivity contribution in [1.82, 2.24) is 20.1 Å². The minimum absolute atomic E-state index is 0.00920. The molecule has 0 aliphatic rings. The van der Waals surface area contributed by atoms with Crippen LogP contribution in [0.25, 0.3) is 5.69 Å². The second kappa shape index (κ2) is 15.7. The maximum absolute atomic E-state index is 13.1. The molecular formula is C32H37N5O3S. The zero-order chi connectivity index (χ0) is 28.9. The van der Waals surface area contributed by atoms with Crippen LogP contribution in [0.4, 0.5) is 5.69 Å². The third-order valence-corrected chi connectivity index (χ3v) is 7.87. The molecule has 214 valence electrons. The Balaban J connectivity index is 1.62. The van der Waals surface area contributed by atoms with Gasteiger partial charge in [0, 0.05) is 30.0 Å². The van der Waals surface area contributed by atoms with Crippen LogP contribution in [0.1, 0.15) is 74.9 Å². The molecule has 4 rings (SSSR count). The van der Waals surface area contributed by atoms with Gasteiger partial charge in [0.25, 0.3) is 5.69 Å². The minimum Gasteiger partial charge on any atom is -0.346 e. The number of nitrogens with one attached hydrogen (secondary N) is 1. The number of nitrogens with zero attached hydrogens (tertiary/aromatic N) is 4. The lowest BCUT2D eigenvalue weighted by Gasteiger charge is -2.20. The first-order chi connectivity index (χ1) is 20.0. The van der Waals surface area contributed by atoms with Crippen molar-refractivity contribution >= 4 is 23.4 Å². The van der Waals surface area contributed by atoms with Gasteiger partial charge in [0.05, 0.1) is 11.0 Å². The Bertz CT molecular complexity index is 1380. The average Bonchev–Trinajstić information content (AvgIpc) is 3.42. The molecule has 0 saturated carbocycles. The van der Waals surface area contributed by atoms with E-state index in [0.29, 0.717) is 35.3 Å². The average molecular weight is 572 g/mol. The van der Waals surface area contributed by atoms with Crippen LogP contribution in [0.15, 0.2) is 90.1 Å². The number of nitro groups is 1. The van der Waals surface area contributed by atoms with Crippen molar-refractivity contribution < 1.29 is 9.72 Å². The summed E-state index contributed by atoms with van der Waals surface area (Å²) in [5.41, 5.74) is 2.92. The number of aromatic nitrogens is 3.